The summed E-state index contributed by atoms with van der Waals surface area (Å²) in [5, 5.41) is 0.922. The van der Waals surface area contributed by atoms with Gasteiger partial charge < -0.3 is 10.5 Å². The third-order valence-electron chi connectivity index (χ3n) is 5.04. The number of benzene rings is 2. The van der Waals surface area contributed by atoms with E-state index < -0.39 is 0 Å². The van der Waals surface area contributed by atoms with Crippen LogP contribution < -0.4 is 10.5 Å². The first-order valence-corrected chi connectivity index (χ1v) is 10.1. The fourth-order valence-electron chi connectivity index (χ4n) is 3.39. The summed E-state index contributed by atoms with van der Waals surface area (Å²) >= 11 is 0. The molecule has 0 bridgehead atoms. The number of pyridine rings is 2. The minimum Gasteiger partial charge on any atom is -0.487 e. The third-order valence-corrected chi connectivity index (χ3v) is 5.04. The highest BCUT2D eigenvalue weighted by molar-refractivity contribution is 6.18. The van der Waals surface area contributed by atoms with Gasteiger partial charge in [0.05, 0.1) is 11.2 Å². The number of aromatic nitrogens is 2. The Hall–Kier alpha value is -4.32. The maximum absolute atomic E-state index is 11.5. The van der Waals surface area contributed by atoms with E-state index >= 15 is 0 Å². The summed E-state index contributed by atoms with van der Waals surface area (Å²) in [6.07, 6.45) is 5.99. The maximum atomic E-state index is 11.5. The topological polar surface area (TPSA) is 90.5 Å². The zero-order valence-electron chi connectivity index (χ0n) is 17.6. The van der Waals surface area contributed by atoms with Gasteiger partial charge in [-0.3, -0.25) is 14.8 Å². The molecule has 4 rings (SSSR count). The Morgan fingerprint density at radius 1 is 1.03 bits per heavy atom. The Kier molecular flexibility index (Phi) is 6.32. The van der Waals surface area contributed by atoms with Crippen molar-refractivity contribution in [2.45, 2.75) is 6.61 Å². The Morgan fingerprint density at radius 2 is 1.78 bits per heavy atom. The molecule has 158 valence electrons. The van der Waals surface area contributed by atoms with E-state index in [4.69, 9.17) is 10.5 Å². The van der Waals surface area contributed by atoms with E-state index in [0.29, 0.717) is 22.7 Å². The summed E-state index contributed by atoms with van der Waals surface area (Å²) < 4.78 is 5.90. The van der Waals surface area contributed by atoms with Gasteiger partial charge in [-0.25, -0.2) is 4.98 Å². The summed E-state index contributed by atoms with van der Waals surface area (Å²) in [6.45, 7) is 0.189. The maximum Gasteiger partial charge on any atom is 0.152 e. The van der Waals surface area contributed by atoms with Crippen molar-refractivity contribution in [3.8, 4) is 5.75 Å². The van der Waals surface area contributed by atoms with Gasteiger partial charge in [0.15, 0.2) is 6.29 Å². The standard InChI is InChI=1S/C26H22N4O2/c1-28-15-23(18-10-12-29-13-11-18)26(27)19-6-8-22(9-7-19)32-17-25-21(16-31)14-20-4-2-3-5-24(20)30-25/h2-16H,17,27H2,1H3. The van der Waals surface area contributed by atoms with Crippen LogP contribution in [0.3, 0.4) is 0 Å². The summed E-state index contributed by atoms with van der Waals surface area (Å²) in [6, 6.07) is 20.8. The van der Waals surface area contributed by atoms with Crippen molar-refractivity contribution >= 4 is 34.7 Å². The molecule has 0 spiro atoms. The zero-order valence-corrected chi connectivity index (χ0v) is 17.6. The normalized spacial score (nSPS) is 12.0. The Labute approximate surface area is 186 Å². The zero-order chi connectivity index (χ0) is 22.3. The predicted octanol–water partition coefficient (Wildman–Crippen LogP) is 4.55. The molecular weight excluding hydrogens is 400 g/mol. The molecule has 4 aromatic rings. The molecule has 32 heavy (non-hydrogen) atoms. The minimum atomic E-state index is 0.189. The first kappa shape index (κ1) is 20.9. The van der Waals surface area contributed by atoms with Crippen molar-refractivity contribution < 1.29 is 9.53 Å². The minimum absolute atomic E-state index is 0.189. The number of carbonyl (C=O) groups is 1. The van der Waals surface area contributed by atoms with Crippen LogP contribution in [0, 0.1) is 0 Å². The fourth-order valence-corrected chi connectivity index (χ4v) is 3.39. The lowest BCUT2D eigenvalue weighted by Gasteiger charge is -2.11. The van der Waals surface area contributed by atoms with Crippen LogP contribution in [-0.2, 0) is 6.61 Å². The average molecular weight is 422 g/mol. The van der Waals surface area contributed by atoms with Crippen LogP contribution in [0.25, 0.3) is 22.2 Å². The number of fused-ring (bicyclic) bond motifs is 1. The molecule has 0 saturated carbocycles. The van der Waals surface area contributed by atoms with Crippen molar-refractivity contribution in [2.24, 2.45) is 10.7 Å². The van der Waals surface area contributed by atoms with E-state index in [1.165, 1.54) is 0 Å². The highest BCUT2D eigenvalue weighted by Gasteiger charge is 2.09. The molecule has 6 nitrogen and oxygen atoms in total. The Balaban J connectivity index is 1.55. The smallest absolute Gasteiger partial charge is 0.152 e. The average Bonchev–Trinajstić information content (AvgIpc) is 2.86. The van der Waals surface area contributed by atoms with Gasteiger partial charge in [0.25, 0.3) is 0 Å². The van der Waals surface area contributed by atoms with Gasteiger partial charge in [-0.1, -0.05) is 18.2 Å². The van der Waals surface area contributed by atoms with Crippen LogP contribution in [0.2, 0.25) is 0 Å². The molecular formula is C26H22N4O2. The molecule has 0 aliphatic carbocycles. The van der Waals surface area contributed by atoms with Crippen molar-refractivity contribution in [1.82, 2.24) is 9.97 Å². The number of ether oxygens (including phenoxy) is 1. The monoisotopic (exact) mass is 422 g/mol. The molecule has 0 aliphatic heterocycles. The number of allylic oxidation sites excluding steroid dienone is 1. The number of aliphatic imine (C=N–C) groups is 1. The van der Waals surface area contributed by atoms with Crippen molar-refractivity contribution in [3.05, 3.63) is 102 Å². The van der Waals surface area contributed by atoms with Crippen LogP contribution in [0.5, 0.6) is 5.75 Å². The van der Waals surface area contributed by atoms with Crippen LogP contribution in [0.4, 0.5) is 0 Å². The highest BCUT2D eigenvalue weighted by atomic mass is 16.5. The third kappa shape index (κ3) is 4.54. The van der Waals surface area contributed by atoms with E-state index in [2.05, 4.69) is 15.0 Å². The second-order valence-electron chi connectivity index (χ2n) is 7.10. The van der Waals surface area contributed by atoms with Gasteiger partial charge in [0, 0.05) is 47.9 Å². The SMILES string of the molecule is CN=CC(=C(N)c1ccc(OCc2nc3ccccc3cc2C=O)cc1)c1ccncc1. The van der Waals surface area contributed by atoms with E-state index in [-0.39, 0.29) is 6.61 Å². The lowest BCUT2D eigenvalue weighted by Crippen LogP contribution is -2.04. The molecule has 2 aromatic heterocycles. The number of carbonyl (C=O) groups excluding carboxylic acids is 1. The molecule has 0 unspecified atom stereocenters. The summed E-state index contributed by atoms with van der Waals surface area (Å²) in [7, 11) is 1.71. The van der Waals surface area contributed by atoms with Crippen molar-refractivity contribution in [1.29, 1.82) is 0 Å². The highest BCUT2D eigenvalue weighted by Crippen LogP contribution is 2.24. The van der Waals surface area contributed by atoms with E-state index in [1.54, 1.807) is 25.7 Å². The molecule has 6 heteroatoms. The quantitative estimate of drug-likeness (QED) is 0.349. The predicted molar refractivity (Wildman–Crippen MR) is 128 cm³/mol. The van der Waals surface area contributed by atoms with Gasteiger partial charge in [-0.15, -0.1) is 0 Å². The van der Waals surface area contributed by atoms with Crippen LogP contribution >= 0.6 is 0 Å². The molecule has 2 aromatic carbocycles. The van der Waals surface area contributed by atoms with Gasteiger partial charge in [0.2, 0.25) is 0 Å². The van der Waals surface area contributed by atoms with Gasteiger partial charge in [-0.2, -0.15) is 0 Å². The lowest BCUT2D eigenvalue weighted by atomic mass is 10.0. The number of nitrogens with two attached hydrogens (primary N) is 1. The first-order valence-electron chi connectivity index (χ1n) is 10.1. The Morgan fingerprint density at radius 3 is 2.50 bits per heavy atom. The molecule has 2 heterocycles. The first-order chi connectivity index (χ1) is 15.7. The van der Waals surface area contributed by atoms with Gasteiger partial charge in [0.1, 0.15) is 12.4 Å². The van der Waals surface area contributed by atoms with E-state index in [1.807, 2.05) is 66.7 Å². The number of hydrogen-bond acceptors (Lipinski definition) is 6. The summed E-state index contributed by atoms with van der Waals surface area (Å²) in [5.41, 5.74) is 11.6. The number of hydrogen-bond donors (Lipinski definition) is 1. The number of para-hydroxylation sites is 1. The number of rotatable bonds is 7. The number of nitrogens with zero attached hydrogens (tertiary/aromatic N) is 3. The van der Waals surface area contributed by atoms with Crippen LogP contribution in [0.15, 0.2) is 84.1 Å². The summed E-state index contributed by atoms with van der Waals surface area (Å²) in [5.74, 6) is 0.656. The van der Waals surface area contributed by atoms with Crippen molar-refractivity contribution in [2.75, 3.05) is 7.05 Å². The number of aldehydes is 1. The molecule has 0 atom stereocenters. The summed E-state index contributed by atoms with van der Waals surface area (Å²) in [4.78, 5) is 24.3. The van der Waals surface area contributed by atoms with E-state index in [9.17, 15) is 4.79 Å². The molecule has 0 radical (unpaired) electrons. The second-order valence-corrected chi connectivity index (χ2v) is 7.10. The van der Waals surface area contributed by atoms with Gasteiger partial charge in [-0.05, 0) is 59.7 Å². The van der Waals surface area contributed by atoms with E-state index in [0.717, 1.165) is 33.9 Å². The Bertz CT molecular complexity index is 1300. The molecule has 2 N–H and O–H groups in total. The van der Waals surface area contributed by atoms with Gasteiger partial charge >= 0.3 is 0 Å². The van der Waals surface area contributed by atoms with Crippen molar-refractivity contribution in [3.63, 3.8) is 0 Å². The lowest BCUT2D eigenvalue weighted by molar-refractivity contribution is 0.112. The van der Waals surface area contributed by atoms with Crippen LogP contribution in [-0.4, -0.2) is 29.5 Å². The molecule has 0 amide bonds. The second kappa shape index (κ2) is 9.66. The molecule has 0 saturated heterocycles. The molecule has 0 aliphatic rings. The fraction of sp³-hybridized carbons (Fsp3) is 0.0769. The van der Waals surface area contributed by atoms with Crippen LogP contribution in [0.1, 0.15) is 27.2 Å². The molecule has 0 fully saturated rings. The largest absolute Gasteiger partial charge is 0.487 e.